The molecule has 1 aliphatic heterocycles. The van der Waals surface area contributed by atoms with E-state index in [1.54, 1.807) is 17.8 Å². The number of carboxylic acid groups (broad SMARTS) is 1. The van der Waals surface area contributed by atoms with Gasteiger partial charge in [0.25, 0.3) is 0 Å². The minimum absolute atomic E-state index is 0.0789. The van der Waals surface area contributed by atoms with E-state index in [1.807, 2.05) is 19.2 Å². The quantitative estimate of drug-likeness (QED) is 0.784. The van der Waals surface area contributed by atoms with Crippen LogP contribution in [0.3, 0.4) is 0 Å². The molecule has 1 aromatic carbocycles. The molecular formula is C11H12O3S. The molecule has 0 fully saturated rings. The number of hydrogen-bond acceptors (Lipinski definition) is 3. The lowest BCUT2D eigenvalue weighted by atomic mass is 10.1. The van der Waals surface area contributed by atoms with Gasteiger partial charge in [-0.05, 0) is 30.9 Å². The fourth-order valence-corrected chi connectivity index (χ4v) is 2.28. The topological polar surface area (TPSA) is 46.5 Å². The summed E-state index contributed by atoms with van der Waals surface area (Å²) < 4.78 is 5.51. The van der Waals surface area contributed by atoms with E-state index in [9.17, 15) is 4.79 Å². The summed E-state index contributed by atoms with van der Waals surface area (Å²) in [6.07, 6.45) is 2.81. The van der Waals surface area contributed by atoms with Gasteiger partial charge in [-0.2, -0.15) is 0 Å². The molecule has 2 rings (SSSR count). The van der Waals surface area contributed by atoms with Gasteiger partial charge in [-0.1, -0.05) is 0 Å². The number of rotatable bonds is 2. The Kier molecular flexibility index (Phi) is 2.61. The second-order valence-corrected chi connectivity index (χ2v) is 4.48. The zero-order chi connectivity index (χ0) is 11.0. The highest BCUT2D eigenvalue weighted by Gasteiger charge is 2.25. The van der Waals surface area contributed by atoms with Gasteiger partial charge in [0.2, 0.25) is 0 Å². The van der Waals surface area contributed by atoms with Gasteiger partial charge in [0.15, 0.2) is 0 Å². The minimum atomic E-state index is -0.920. The number of thioether (sulfide) groups is 1. The Morgan fingerprint density at radius 1 is 1.60 bits per heavy atom. The smallest absolute Gasteiger partial charge is 0.339 e. The van der Waals surface area contributed by atoms with Gasteiger partial charge in [-0.25, -0.2) is 4.79 Å². The van der Waals surface area contributed by atoms with Crippen LogP contribution in [0.5, 0.6) is 5.75 Å². The van der Waals surface area contributed by atoms with Crippen molar-refractivity contribution in [3.8, 4) is 5.75 Å². The van der Waals surface area contributed by atoms with Crippen LogP contribution in [0.1, 0.15) is 22.8 Å². The summed E-state index contributed by atoms with van der Waals surface area (Å²) >= 11 is 1.55. The van der Waals surface area contributed by atoms with E-state index in [2.05, 4.69) is 0 Å². The molecular weight excluding hydrogens is 212 g/mol. The Hall–Kier alpha value is -1.16. The van der Waals surface area contributed by atoms with Crippen molar-refractivity contribution in [3.63, 3.8) is 0 Å². The highest BCUT2D eigenvalue weighted by Crippen LogP contribution is 2.35. The van der Waals surface area contributed by atoms with Crippen LogP contribution in [0.25, 0.3) is 0 Å². The number of carboxylic acids is 1. The fourth-order valence-electron chi connectivity index (χ4n) is 1.78. The third kappa shape index (κ3) is 1.81. The predicted octanol–water partition coefficient (Wildman–Crippen LogP) is 2.43. The van der Waals surface area contributed by atoms with Crippen molar-refractivity contribution < 1.29 is 14.6 Å². The molecule has 0 radical (unpaired) electrons. The number of fused-ring (bicyclic) bond motifs is 1. The first-order chi connectivity index (χ1) is 7.11. The average molecular weight is 224 g/mol. The van der Waals surface area contributed by atoms with E-state index in [0.717, 1.165) is 16.9 Å². The molecule has 0 amide bonds. The predicted molar refractivity (Wildman–Crippen MR) is 59.0 cm³/mol. The molecule has 15 heavy (non-hydrogen) atoms. The molecule has 1 atom stereocenters. The van der Waals surface area contributed by atoms with Crippen molar-refractivity contribution in [1.29, 1.82) is 0 Å². The first kappa shape index (κ1) is 10.4. The van der Waals surface area contributed by atoms with E-state index in [0.29, 0.717) is 5.75 Å². The Morgan fingerprint density at radius 3 is 2.93 bits per heavy atom. The van der Waals surface area contributed by atoms with Crippen LogP contribution in [0.15, 0.2) is 17.0 Å². The molecule has 1 aromatic rings. The summed E-state index contributed by atoms with van der Waals surface area (Å²) in [5, 5.41) is 9.07. The molecule has 1 unspecified atom stereocenters. The zero-order valence-corrected chi connectivity index (χ0v) is 9.43. The van der Waals surface area contributed by atoms with Gasteiger partial charge in [0.05, 0.1) is 0 Å². The highest BCUT2D eigenvalue weighted by molar-refractivity contribution is 7.98. The number of ether oxygens (including phenoxy) is 1. The molecule has 0 saturated carbocycles. The summed E-state index contributed by atoms with van der Waals surface area (Å²) in [6, 6.07) is 3.68. The van der Waals surface area contributed by atoms with Crippen molar-refractivity contribution >= 4 is 17.7 Å². The fraction of sp³-hybridized carbons (Fsp3) is 0.364. The lowest BCUT2D eigenvalue weighted by Crippen LogP contribution is -2.07. The maximum absolute atomic E-state index is 11.0. The van der Waals surface area contributed by atoms with Crippen LogP contribution in [0.2, 0.25) is 0 Å². The second-order valence-electron chi connectivity index (χ2n) is 3.60. The van der Waals surface area contributed by atoms with E-state index >= 15 is 0 Å². The molecule has 80 valence electrons. The largest absolute Gasteiger partial charge is 0.489 e. The Labute approximate surface area is 92.4 Å². The maximum atomic E-state index is 11.0. The third-order valence-electron chi connectivity index (χ3n) is 2.43. The van der Waals surface area contributed by atoms with Gasteiger partial charge in [0, 0.05) is 11.3 Å². The molecule has 3 nitrogen and oxygen atoms in total. The average Bonchev–Trinajstić information content (AvgIpc) is 2.55. The first-order valence-electron chi connectivity index (χ1n) is 4.72. The molecule has 0 aromatic heterocycles. The van der Waals surface area contributed by atoms with Crippen LogP contribution in [-0.2, 0) is 6.42 Å². The van der Waals surface area contributed by atoms with Gasteiger partial charge in [-0.3, -0.25) is 0 Å². The summed E-state index contributed by atoms with van der Waals surface area (Å²) in [6.45, 7) is 1.95. The molecule has 0 aliphatic carbocycles. The van der Waals surface area contributed by atoms with Gasteiger partial charge >= 0.3 is 5.97 Å². The van der Waals surface area contributed by atoms with Crippen LogP contribution in [-0.4, -0.2) is 23.4 Å². The Morgan fingerprint density at radius 2 is 2.33 bits per heavy atom. The highest BCUT2D eigenvalue weighted by atomic mass is 32.2. The SMILES string of the molecule is CSc1cc2c(c(C(=O)O)c1)OC(C)C2. The van der Waals surface area contributed by atoms with Crippen LogP contribution < -0.4 is 4.74 Å². The zero-order valence-electron chi connectivity index (χ0n) is 8.61. The van der Waals surface area contributed by atoms with Crippen LogP contribution >= 0.6 is 11.8 Å². The normalized spacial score (nSPS) is 18.4. The molecule has 1 heterocycles. The number of benzene rings is 1. The number of aromatic carboxylic acids is 1. The van der Waals surface area contributed by atoms with E-state index < -0.39 is 5.97 Å². The third-order valence-corrected chi connectivity index (χ3v) is 3.14. The molecule has 0 bridgehead atoms. The van der Waals surface area contributed by atoms with Crippen molar-refractivity contribution in [1.82, 2.24) is 0 Å². The van der Waals surface area contributed by atoms with E-state index in [1.165, 1.54) is 0 Å². The van der Waals surface area contributed by atoms with Crippen molar-refractivity contribution in [3.05, 3.63) is 23.3 Å². The van der Waals surface area contributed by atoms with Gasteiger partial charge in [-0.15, -0.1) is 11.8 Å². The number of carbonyl (C=O) groups is 1. The molecule has 0 spiro atoms. The summed E-state index contributed by atoms with van der Waals surface area (Å²) in [7, 11) is 0. The first-order valence-corrected chi connectivity index (χ1v) is 5.95. The van der Waals surface area contributed by atoms with Crippen LogP contribution in [0.4, 0.5) is 0 Å². The van der Waals surface area contributed by atoms with E-state index in [4.69, 9.17) is 9.84 Å². The molecule has 4 heteroatoms. The standard InChI is InChI=1S/C11H12O3S/c1-6-3-7-4-8(15-2)5-9(11(12)13)10(7)14-6/h4-6H,3H2,1-2H3,(H,12,13). The Balaban J connectivity index is 2.55. The molecule has 1 N–H and O–H groups in total. The van der Waals surface area contributed by atoms with Gasteiger partial charge < -0.3 is 9.84 Å². The Bertz CT molecular complexity index is 415. The molecule has 1 aliphatic rings. The summed E-state index contributed by atoms with van der Waals surface area (Å²) in [5.74, 6) is -0.371. The van der Waals surface area contributed by atoms with Crippen LogP contribution in [0, 0.1) is 0 Å². The summed E-state index contributed by atoms with van der Waals surface area (Å²) in [4.78, 5) is 12.0. The maximum Gasteiger partial charge on any atom is 0.339 e. The minimum Gasteiger partial charge on any atom is -0.489 e. The van der Waals surface area contributed by atoms with Crippen molar-refractivity contribution in [2.75, 3.05) is 6.26 Å². The number of hydrogen-bond donors (Lipinski definition) is 1. The van der Waals surface area contributed by atoms with E-state index in [-0.39, 0.29) is 11.7 Å². The molecule has 0 saturated heterocycles. The van der Waals surface area contributed by atoms with Crippen molar-refractivity contribution in [2.24, 2.45) is 0 Å². The lowest BCUT2D eigenvalue weighted by molar-refractivity contribution is 0.0691. The monoisotopic (exact) mass is 224 g/mol. The van der Waals surface area contributed by atoms with Crippen molar-refractivity contribution in [2.45, 2.75) is 24.3 Å². The van der Waals surface area contributed by atoms with Gasteiger partial charge in [0.1, 0.15) is 17.4 Å². The summed E-state index contributed by atoms with van der Waals surface area (Å²) in [5.41, 5.74) is 1.29. The lowest BCUT2D eigenvalue weighted by Gasteiger charge is -2.07. The second kappa shape index (κ2) is 3.77.